The Morgan fingerprint density at radius 3 is 2.85 bits per heavy atom. The molecule has 0 aliphatic carbocycles. The highest BCUT2D eigenvalue weighted by atomic mass is 16.2. The van der Waals surface area contributed by atoms with Crippen LogP contribution in [0.4, 0.5) is 0 Å². The number of aromatic amines is 1. The summed E-state index contributed by atoms with van der Waals surface area (Å²) in [6.45, 7) is 4.84. The molecule has 2 heterocycles. The van der Waals surface area contributed by atoms with E-state index in [1.54, 1.807) is 0 Å². The largest absolute Gasteiger partial charge is 0.361 e. The van der Waals surface area contributed by atoms with Crippen molar-refractivity contribution in [2.45, 2.75) is 25.8 Å². The molecule has 1 fully saturated rings. The molecule has 4 nitrogen and oxygen atoms in total. The Morgan fingerprint density at radius 2 is 2.10 bits per heavy atom. The van der Waals surface area contributed by atoms with E-state index in [2.05, 4.69) is 17.2 Å². The van der Waals surface area contributed by atoms with Gasteiger partial charge in [0, 0.05) is 35.2 Å². The van der Waals surface area contributed by atoms with Gasteiger partial charge in [0.25, 0.3) is 5.91 Å². The summed E-state index contributed by atoms with van der Waals surface area (Å²) in [5.41, 5.74) is 1.83. The van der Waals surface area contributed by atoms with Crippen molar-refractivity contribution in [3.63, 3.8) is 0 Å². The van der Waals surface area contributed by atoms with E-state index >= 15 is 0 Å². The maximum absolute atomic E-state index is 12.9. The smallest absolute Gasteiger partial charge is 0.254 e. The molecule has 20 heavy (non-hydrogen) atoms. The lowest BCUT2D eigenvalue weighted by molar-refractivity contribution is 0.0658. The van der Waals surface area contributed by atoms with E-state index in [1.807, 2.05) is 35.4 Å². The van der Waals surface area contributed by atoms with Gasteiger partial charge in [-0.1, -0.05) is 6.07 Å². The molecule has 1 aliphatic rings. The lowest BCUT2D eigenvalue weighted by Crippen LogP contribution is -2.46. The third-order valence-corrected chi connectivity index (χ3v) is 4.18. The summed E-state index contributed by atoms with van der Waals surface area (Å²) in [4.78, 5) is 18.1. The van der Waals surface area contributed by atoms with E-state index in [4.69, 9.17) is 0 Å². The van der Waals surface area contributed by atoms with E-state index in [1.165, 1.54) is 0 Å². The number of hydrogen-bond donors (Lipinski definition) is 2. The zero-order valence-corrected chi connectivity index (χ0v) is 11.9. The van der Waals surface area contributed by atoms with Crippen molar-refractivity contribution >= 4 is 16.8 Å². The van der Waals surface area contributed by atoms with Crippen LogP contribution in [0.1, 0.15) is 30.1 Å². The third kappa shape index (κ3) is 2.31. The molecule has 0 radical (unpaired) electrons. The molecular formula is C16H21N3O. The van der Waals surface area contributed by atoms with Crippen LogP contribution in [0.2, 0.25) is 0 Å². The Bertz CT molecular complexity index is 599. The summed E-state index contributed by atoms with van der Waals surface area (Å²) in [7, 11) is 0. The van der Waals surface area contributed by atoms with Gasteiger partial charge in [0.2, 0.25) is 0 Å². The van der Waals surface area contributed by atoms with Gasteiger partial charge in [0.15, 0.2) is 0 Å². The van der Waals surface area contributed by atoms with Crippen molar-refractivity contribution in [3.8, 4) is 0 Å². The highest BCUT2D eigenvalue weighted by molar-refractivity contribution is 6.06. The van der Waals surface area contributed by atoms with Crippen LogP contribution >= 0.6 is 0 Å². The molecule has 1 amide bonds. The minimum absolute atomic E-state index is 0.157. The van der Waals surface area contributed by atoms with Gasteiger partial charge >= 0.3 is 0 Å². The number of H-pyrrole nitrogens is 1. The number of benzene rings is 1. The average molecular weight is 271 g/mol. The van der Waals surface area contributed by atoms with E-state index in [9.17, 15) is 4.79 Å². The van der Waals surface area contributed by atoms with Gasteiger partial charge in [-0.05, 0) is 51.1 Å². The Morgan fingerprint density at radius 1 is 1.30 bits per heavy atom. The van der Waals surface area contributed by atoms with Crippen LogP contribution in [0, 0.1) is 0 Å². The SMILES string of the molecule is CCN(C(=O)c1cccc2[nH]ccc12)C1CCNCC1. The predicted molar refractivity (Wildman–Crippen MR) is 80.9 cm³/mol. The Kier molecular flexibility index (Phi) is 3.74. The number of carbonyl (C=O) groups excluding carboxylic acids is 1. The first-order valence-corrected chi connectivity index (χ1v) is 7.39. The fourth-order valence-corrected chi connectivity index (χ4v) is 3.11. The van der Waals surface area contributed by atoms with E-state index in [0.717, 1.165) is 48.9 Å². The van der Waals surface area contributed by atoms with Crippen molar-refractivity contribution in [1.82, 2.24) is 15.2 Å². The molecule has 1 aliphatic heterocycles. The van der Waals surface area contributed by atoms with Gasteiger partial charge in [0.05, 0.1) is 0 Å². The number of hydrogen-bond acceptors (Lipinski definition) is 2. The van der Waals surface area contributed by atoms with E-state index in [-0.39, 0.29) is 5.91 Å². The fourth-order valence-electron chi connectivity index (χ4n) is 3.11. The minimum Gasteiger partial charge on any atom is -0.361 e. The lowest BCUT2D eigenvalue weighted by Gasteiger charge is -2.34. The third-order valence-electron chi connectivity index (χ3n) is 4.18. The van der Waals surface area contributed by atoms with Gasteiger partial charge in [-0.3, -0.25) is 4.79 Å². The number of carbonyl (C=O) groups is 1. The molecule has 1 aromatic carbocycles. The molecule has 0 bridgehead atoms. The number of nitrogens with one attached hydrogen (secondary N) is 2. The van der Waals surface area contributed by atoms with Crippen molar-refractivity contribution in [1.29, 1.82) is 0 Å². The van der Waals surface area contributed by atoms with Crippen molar-refractivity contribution < 1.29 is 4.79 Å². The van der Waals surface area contributed by atoms with Crippen molar-refractivity contribution in [2.75, 3.05) is 19.6 Å². The normalized spacial score (nSPS) is 16.4. The summed E-state index contributed by atoms with van der Waals surface area (Å²) in [6, 6.07) is 8.24. The molecule has 3 rings (SSSR count). The summed E-state index contributed by atoms with van der Waals surface area (Å²) in [5, 5.41) is 4.37. The topological polar surface area (TPSA) is 48.1 Å². The molecule has 1 saturated heterocycles. The van der Waals surface area contributed by atoms with Crippen LogP contribution < -0.4 is 5.32 Å². The van der Waals surface area contributed by atoms with E-state index in [0.29, 0.717) is 6.04 Å². The maximum Gasteiger partial charge on any atom is 0.254 e. The predicted octanol–water partition coefficient (Wildman–Crippen LogP) is 2.38. The first-order valence-electron chi connectivity index (χ1n) is 7.39. The summed E-state index contributed by atoms with van der Waals surface area (Å²) in [5.74, 6) is 0.157. The standard InChI is InChI=1S/C16H21N3O/c1-2-19(12-6-9-17-10-7-12)16(20)14-4-3-5-15-13(14)8-11-18-15/h3-5,8,11-12,17-18H,2,6-7,9-10H2,1H3. The molecular weight excluding hydrogens is 250 g/mol. The number of rotatable bonds is 3. The zero-order valence-electron chi connectivity index (χ0n) is 11.9. The number of piperidine rings is 1. The van der Waals surface area contributed by atoms with Crippen LogP contribution in [0.3, 0.4) is 0 Å². The monoisotopic (exact) mass is 271 g/mol. The van der Waals surface area contributed by atoms with Crippen LogP contribution in [0.15, 0.2) is 30.5 Å². The Labute approximate surface area is 119 Å². The second kappa shape index (κ2) is 5.67. The highest BCUT2D eigenvalue weighted by Gasteiger charge is 2.25. The lowest BCUT2D eigenvalue weighted by atomic mass is 10.0. The van der Waals surface area contributed by atoms with Crippen LogP contribution in [-0.2, 0) is 0 Å². The zero-order chi connectivity index (χ0) is 13.9. The first kappa shape index (κ1) is 13.2. The molecule has 2 aromatic rings. The van der Waals surface area contributed by atoms with Crippen LogP contribution in [0.25, 0.3) is 10.9 Å². The van der Waals surface area contributed by atoms with Crippen molar-refractivity contribution in [3.05, 3.63) is 36.0 Å². The molecule has 0 spiro atoms. The summed E-state index contributed by atoms with van der Waals surface area (Å²) >= 11 is 0. The second-order valence-corrected chi connectivity index (χ2v) is 5.32. The Balaban J connectivity index is 1.91. The van der Waals surface area contributed by atoms with Gasteiger partial charge in [-0.25, -0.2) is 0 Å². The maximum atomic E-state index is 12.9. The molecule has 106 valence electrons. The second-order valence-electron chi connectivity index (χ2n) is 5.32. The van der Waals surface area contributed by atoms with Crippen LogP contribution in [-0.4, -0.2) is 41.5 Å². The van der Waals surface area contributed by atoms with Crippen LogP contribution in [0.5, 0.6) is 0 Å². The van der Waals surface area contributed by atoms with Gasteiger partial charge in [-0.15, -0.1) is 0 Å². The van der Waals surface area contributed by atoms with Gasteiger partial charge in [0.1, 0.15) is 0 Å². The van der Waals surface area contributed by atoms with Gasteiger partial charge < -0.3 is 15.2 Å². The molecule has 0 atom stereocenters. The minimum atomic E-state index is 0.157. The average Bonchev–Trinajstić information content (AvgIpc) is 2.97. The fraction of sp³-hybridized carbons (Fsp3) is 0.438. The quantitative estimate of drug-likeness (QED) is 0.900. The Hall–Kier alpha value is -1.81. The molecule has 2 N–H and O–H groups in total. The first-order chi connectivity index (χ1) is 9.81. The molecule has 1 aromatic heterocycles. The number of amides is 1. The number of aromatic nitrogens is 1. The van der Waals surface area contributed by atoms with Gasteiger partial charge in [-0.2, -0.15) is 0 Å². The molecule has 0 unspecified atom stereocenters. The summed E-state index contributed by atoms with van der Waals surface area (Å²) in [6.07, 6.45) is 3.98. The number of fused-ring (bicyclic) bond motifs is 1. The molecule has 4 heteroatoms. The van der Waals surface area contributed by atoms with Crippen molar-refractivity contribution in [2.24, 2.45) is 0 Å². The highest BCUT2D eigenvalue weighted by Crippen LogP contribution is 2.21. The van der Waals surface area contributed by atoms with E-state index < -0.39 is 0 Å². The molecule has 0 saturated carbocycles. The summed E-state index contributed by atoms with van der Waals surface area (Å²) < 4.78 is 0. The number of nitrogens with zero attached hydrogens (tertiary/aromatic N) is 1.